The van der Waals surface area contributed by atoms with Gasteiger partial charge in [0.2, 0.25) is 0 Å². The number of anilines is 1. The Hall–Kier alpha value is -4.05. The summed E-state index contributed by atoms with van der Waals surface area (Å²) in [5, 5.41) is 10.1. The summed E-state index contributed by atoms with van der Waals surface area (Å²) in [6.07, 6.45) is 0. The van der Waals surface area contributed by atoms with Crippen LogP contribution in [0.4, 0.5) is 5.69 Å². The molecule has 36 heavy (non-hydrogen) atoms. The lowest BCUT2D eigenvalue weighted by atomic mass is 9.81. The van der Waals surface area contributed by atoms with E-state index in [2.05, 4.69) is 6.07 Å². The number of nitriles is 1. The minimum absolute atomic E-state index is 0.0149. The Morgan fingerprint density at radius 1 is 0.972 bits per heavy atom. The molecule has 3 rings (SSSR count). The number of rotatable bonds is 6. The molecule has 0 aliphatic carbocycles. The van der Waals surface area contributed by atoms with Crippen LogP contribution in [0.3, 0.4) is 0 Å². The van der Waals surface area contributed by atoms with Gasteiger partial charge in [0.15, 0.2) is 0 Å². The van der Waals surface area contributed by atoms with E-state index >= 15 is 0 Å². The molecule has 0 radical (unpaired) electrons. The van der Waals surface area contributed by atoms with E-state index in [0.717, 1.165) is 7.11 Å². The molecule has 0 spiro atoms. The van der Waals surface area contributed by atoms with Gasteiger partial charge < -0.3 is 24.7 Å². The van der Waals surface area contributed by atoms with Crippen LogP contribution in [-0.2, 0) is 23.8 Å². The molecule has 1 heterocycles. The van der Waals surface area contributed by atoms with Gasteiger partial charge in [-0.1, -0.05) is 30.3 Å². The number of halogens is 1. The maximum absolute atomic E-state index is 13.2. The number of benzene rings is 2. The number of allylic oxidation sites excluding steroid dienone is 1. The quantitative estimate of drug-likeness (QED) is 0.298. The number of carbonyl (C=O) groups excluding carboxylic acids is 3. The van der Waals surface area contributed by atoms with E-state index in [0.29, 0.717) is 9.13 Å². The van der Waals surface area contributed by atoms with Crippen LogP contribution in [0.2, 0.25) is 0 Å². The Morgan fingerprint density at radius 3 is 2.11 bits per heavy atom. The number of nitrogens with zero attached hydrogens (tertiary/aromatic N) is 2. The minimum Gasteiger partial charge on any atom is -0.496 e. The number of hydrogen-bond donors (Lipinski definition) is 1. The highest BCUT2D eigenvalue weighted by Crippen LogP contribution is 2.45. The molecule has 1 aliphatic rings. The van der Waals surface area contributed by atoms with Crippen molar-refractivity contribution in [3.05, 3.63) is 79.8 Å². The molecule has 1 aliphatic heterocycles. The fourth-order valence-corrected chi connectivity index (χ4v) is 4.62. The predicted molar refractivity (Wildman–Crippen MR) is 137 cm³/mol. The Labute approximate surface area is 221 Å². The van der Waals surface area contributed by atoms with Crippen molar-refractivity contribution >= 4 is 46.2 Å². The van der Waals surface area contributed by atoms with Gasteiger partial charge in [0.25, 0.3) is 0 Å². The van der Waals surface area contributed by atoms with Gasteiger partial charge in [-0.2, -0.15) is 5.26 Å². The van der Waals surface area contributed by atoms with Gasteiger partial charge in [-0.05, 0) is 34.2 Å². The van der Waals surface area contributed by atoms with Crippen LogP contribution in [0.5, 0.6) is 5.75 Å². The van der Waals surface area contributed by atoms with Gasteiger partial charge in [-0.3, -0.25) is 4.90 Å². The first-order valence-electron chi connectivity index (χ1n) is 10.4. The molecule has 0 saturated heterocycles. The number of nitrogens with two attached hydrogens (primary N) is 1. The number of methoxy groups -OCH3 is 4. The highest BCUT2D eigenvalue weighted by Gasteiger charge is 2.43. The molecule has 186 valence electrons. The van der Waals surface area contributed by atoms with Crippen molar-refractivity contribution in [2.75, 3.05) is 33.3 Å². The van der Waals surface area contributed by atoms with Gasteiger partial charge in [-0.25, -0.2) is 14.4 Å². The molecule has 10 nitrogen and oxygen atoms in total. The normalized spacial score (nSPS) is 15.2. The van der Waals surface area contributed by atoms with E-state index in [-0.39, 0.29) is 39.7 Å². The van der Waals surface area contributed by atoms with Crippen LogP contribution in [0.15, 0.2) is 65.1 Å². The fraction of sp³-hybridized carbons (Fsp3) is 0.200. The SMILES string of the molecule is COC(=O)C1=C(C(=O)OC)N(c2cc(OC)c(C(=O)OC)cc2I)C(N)=C(C#N)C1c1ccccc1. The summed E-state index contributed by atoms with van der Waals surface area (Å²) in [5.41, 5.74) is 7.11. The first-order valence-corrected chi connectivity index (χ1v) is 11.4. The second-order valence-corrected chi connectivity index (χ2v) is 8.49. The number of hydrogen-bond acceptors (Lipinski definition) is 10. The van der Waals surface area contributed by atoms with Crippen LogP contribution in [0.1, 0.15) is 21.8 Å². The van der Waals surface area contributed by atoms with E-state index in [1.165, 1.54) is 38.4 Å². The average molecular weight is 603 g/mol. The Balaban J connectivity index is 2.45. The van der Waals surface area contributed by atoms with Crippen LogP contribution in [-0.4, -0.2) is 46.3 Å². The summed E-state index contributed by atoms with van der Waals surface area (Å²) in [6, 6.07) is 13.7. The van der Waals surface area contributed by atoms with Crippen molar-refractivity contribution in [2.45, 2.75) is 5.92 Å². The highest BCUT2D eigenvalue weighted by molar-refractivity contribution is 14.1. The first kappa shape index (κ1) is 26.6. The zero-order valence-electron chi connectivity index (χ0n) is 19.8. The number of esters is 3. The molecule has 2 aromatic carbocycles. The molecule has 2 aromatic rings. The van der Waals surface area contributed by atoms with Gasteiger partial charge in [0.1, 0.15) is 22.8 Å². The zero-order chi connectivity index (χ0) is 26.6. The van der Waals surface area contributed by atoms with E-state index in [9.17, 15) is 19.6 Å². The van der Waals surface area contributed by atoms with Crippen molar-refractivity contribution in [2.24, 2.45) is 5.73 Å². The molecular formula is C25H22IN3O7. The van der Waals surface area contributed by atoms with Gasteiger partial charge in [0.05, 0.1) is 57.3 Å². The fourth-order valence-electron chi connectivity index (χ4n) is 3.92. The monoisotopic (exact) mass is 603 g/mol. The molecule has 0 amide bonds. The van der Waals surface area contributed by atoms with Gasteiger partial charge in [0, 0.05) is 9.64 Å². The van der Waals surface area contributed by atoms with Crippen LogP contribution < -0.4 is 15.4 Å². The van der Waals surface area contributed by atoms with Crippen molar-refractivity contribution in [1.29, 1.82) is 5.26 Å². The molecule has 1 atom stereocenters. The van der Waals surface area contributed by atoms with Gasteiger partial charge >= 0.3 is 17.9 Å². The van der Waals surface area contributed by atoms with E-state index < -0.39 is 23.8 Å². The standard InChI is InChI=1S/C25H22IN3O7/c1-33-18-11-17(16(26)10-14(18)23(30)34-2)29-21(25(32)36-4)20(24(31)35-3)19(15(12-27)22(29)28)13-8-6-5-7-9-13/h5-11,19H,28H2,1-4H3. The molecule has 2 N–H and O–H groups in total. The smallest absolute Gasteiger partial charge is 0.355 e. The Kier molecular flexibility index (Phi) is 8.21. The Bertz CT molecular complexity index is 1330. The summed E-state index contributed by atoms with van der Waals surface area (Å²) in [7, 11) is 4.92. The van der Waals surface area contributed by atoms with E-state index in [1.54, 1.807) is 30.3 Å². The molecular weight excluding hydrogens is 581 g/mol. The largest absolute Gasteiger partial charge is 0.496 e. The third-order valence-electron chi connectivity index (χ3n) is 5.53. The van der Waals surface area contributed by atoms with Crippen molar-refractivity contribution < 1.29 is 33.3 Å². The second-order valence-electron chi connectivity index (χ2n) is 7.33. The van der Waals surface area contributed by atoms with Crippen molar-refractivity contribution in [3.8, 4) is 11.8 Å². The summed E-state index contributed by atoms with van der Waals surface area (Å²) in [6.45, 7) is 0. The molecule has 1 unspecified atom stereocenters. The second kappa shape index (κ2) is 11.1. The Morgan fingerprint density at radius 2 is 1.58 bits per heavy atom. The van der Waals surface area contributed by atoms with E-state index in [4.69, 9.17) is 24.7 Å². The third kappa shape index (κ3) is 4.59. The van der Waals surface area contributed by atoms with Crippen LogP contribution in [0.25, 0.3) is 0 Å². The summed E-state index contributed by atoms with van der Waals surface area (Å²) >= 11 is 1.94. The number of ether oxygens (including phenoxy) is 4. The lowest BCUT2D eigenvalue weighted by Gasteiger charge is -2.36. The first-order chi connectivity index (χ1) is 17.2. The zero-order valence-corrected chi connectivity index (χ0v) is 22.0. The third-order valence-corrected chi connectivity index (χ3v) is 6.39. The predicted octanol–water partition coefficient (Wildman–Crippen LogP) is 2.98. The summed E-state index contributed by atoms with van der Waals surface area (Å²) < 4.78 is 20.7. The molecule has 0 bridgehead atoms. The summed E-state index contributed by atoms with van der Waals surface area (Å²) in [5.74, 6) is -3.35. The van der Waals surface area contributed by atoms with Crippen molar-refractivity contribution in [3.63, 3.8) is 0 Å². The van der Waals surface area contributed by atoms with Crippen LogP contribution in [0, 0.1) is 14.9 Å². The highest BCUT2D eigenvalue weighted by atomic mass is 127. The maximum Gasteiger partial charge on any atom is 0.355 e. The average Bonchev–Trinajstić information content (AvgIpc) is 2.91. The topological polar surface area (TPSA) is 141 Å². The van der Waals surface area contributed by atoms with Crippen LogP contribution >= 0.6 is 22.6 Å². The molecule has 0 aromatic heterocycles. The lowest BCUT2D eigenvalue weighted by Crippen LogP contribution is -2.41. The van der Waals surface area contributed by atoms with Crippen molar-refractivity contribution in [1.82, 2.24) is 0 Å². The van der Waals surface area contributed by atoms with E-state index in [1.807, 2.05) is 22.6 Å². The molecule has 0 fully saturated rings. The van der Waals surface area contributed by atoms with Gasteiger partial charge in [-0.15, -0.1) is 0 Å². The summed E-state index contributed by atoms with van der Waals surface area (Å²) in [4.78, 5) is 39.8. The molecule has 0 saturated carbocycles. The number of carbonyl (C=O) groups is 3. The lowest BCUT2D eigenvalue weighted by molar-refractivity contribution is -0.139. The maximum atomic E-state index is 13.2. The molecule has 11 heteroatoms. The minimum atomic E-state index is -0.997.